The van der Waals surface area contributed by atoms with Crippen LogP contribution in [0.1, 0.15) is 37.7 Å². The van der Waals surface area contributed by atoms with Crippen LogP contribution in [0.25, 0.3) is 0 Å². The summed E-state index contributed by atoms with van der Waals surface area (Å²) in [6.07, 6.45) is 5.98. The summed E-state index contributed by atoms with van der Waals surface area (Å²) in [5.74, 6) is -0.204. The van der Waals surface area contributed by atoms with E-state index in [0.717, 1.165) is 37.0 Å². The predicted molar refractivity (Wildman–Crippen MR) is 102 cm³/mol. The summed E-state index contributed by atoms with van der Waals surface area (Å²) in [6, 6.07) is 8.96. The number of fused-ring (bicyclic) bond motifs is 1. The lowest BCUT2D eigenvalue weighted by Crippen LogP contribution is -2.50. The first kappa shape index (κ1) is 19.0. The van der Waals surface area contributed by atoms with Crippen LogP contribution in [-0.2, 0) is 20.9 Å². The Hall–Kier alpha value is -1.82. The molecule has 6 heteroatoms. The second-order valence-electron chi connectivity index (χ2n) is 7.04. The van der Waals surface area contributed by atoms with Gasteiger partial charge in [0.05, 0.1) is 11.8 Å². The van der Waals surface area contributed by atoms with Crippen molar-refractivity contribution in [3.05, 3.63) is 35.9 Å². The number of thioether (sulfide) groups is 1. The van der Waals surface area contributed by atoms with Crippen LogP contribution in [0.2, 0.25) is 0 Å². The van der Waals surface area contributed by atoms with Gasteiger partial charge in [-0.25, -0.2) is 0 Å². The zero-order chi connectivity index (χ0) is 18.5. The third kappa shape index (κ3) is 3.95. The zero-order valence-electron chi connectivity index (χ0n) is 15.1. The fourth-order valence-electron chi connectivity index (χ4n) is 4.00. The lowest BCUT2D eigenvalue weighted by atomic mass is 9.81. The van der Waals surface area contributed by atoms with Gasteiger partial charge in [-0.3, -0.25) is 19.3 Å². The summed E-state index contributed by atoms with van der Waals surface area (Å²) in [4.78, 5) is 39.8. The van der Waals surface area contributed by atoms with Crippen molar-refractivity contribution < 1.29 is 14.4 Å². The topological polar surface area (TPSA) is 66.5 Å². The maximum Gasteiger partial charge on any atom is 0.243 e. The Labute approximate surface area is 158 Å². The van der Waals surface area contributed by atoms with Gasteiger partial charge < -0.3 is 5.32 Å². The number of nitrogens with one attached hydrogen (secondary N) is 1. The van der Waals surface area contributed by atoms with Crippen molar-refractivity contribution in [2.75, 3.05) is 12.0 Å². The van der Waals surface area contributed by atoms with Crippen LogP contribution in [0.15, 0.2) is 30.3 Å². The quantitative estimate of drug-likeness (QED) is 0.745. The van der Waals surface area contributed by atoms with Crippen LogP contribution in [0.3, 0.4) is 0 Å². The van der Waals surface area contributed by atoms with Gasteiger partial charge >= 0.3 is 0 Å². The number of imide groups is 1. The molecule has 5 nitrogen and oxygen atoms in total. The van der Waals surface area contributed by atoms with Gasteiger partial charge in [0.1, 0.15) is 6.04 Å². The number of likely N-dealkylation sites (tertiary alicyclic amines) is 1. The summed E-state index contributed by atoms with van der Waals surface area (Å²) in [5.41, 5.74) is 0.997. The molecule has 1 aromatic carbocycles. The molecule has 2 aliphatic rings. The van der Waals surface area contributed by atoms with Gasteiger partial charge in [-0.05, 0) is 36.8 Å². The highest BCUT2D eigenvalue weighted by atomic mass is 32.2. The number of hydrogen-bond acceptors (Lipinski definition) is 4. The van der Waals surface area contributed by atoms with Crippen LogP contribution in [0, 0.1) is 11.8 Å². The Morgan fingerprint density at radius 3 is 2.35 bits per heavy atom. The molecule has 1 aromatic rings. The Morgan fingerprint density at radius 1 is 1.15 bits per heavy atom. The number of nitrogens with zero attached hydrogens (tertiary/aromatic N) is 1. The molecule has 3 rings (SSSR count). The second-order valence-corrected chi connectivity index (χ2v) is 8.03. The maximum absolute atomic E-state index is 12.9. The molecule has 1 heterocycles. The third-order valence-corrected chi connectivity index (χ3v) is 6.04. The summed E-state index contributed by atoms with van der Waals surface area (Å²) in [6.45, 7) is 0.401. The molecule has 1 saturated heterocycles. The van der Waals surface area contributed by atoms with Crippen LogP contribution in [0.4, 0.5) is 0 Å². The summed E-state index contributed by atoms with van der Waals surface area (Å²) in [7, 11) is 0. The van der Waals surface area contributed by atoms with Crippen LogP contribution < -0.4 is 5.32 Å². The Balaban J connectivity index is 1.73. The zero-order valence-corrected chi connectivity index (χ0v) is 16.0. The average Bonchev–Trinajstić information content (AvgIpc) is 2.93. The lowest BCUT2D eigenvalue weighted by molar-refractivity contribution is -0.148. The number of benzene rings is 1. The van der Waals surface area contributed by atoms with E-state index in [1.807, 2.05) is 36.6 Å². The van der Waals surface area contributed by atoms with E-state index < -0.39 is 6.04 Å². The molecule has 26 heavy (non-hydrogen) atoms. The van der Waals surface area contributed by atoms with Gasteiger partial charge in [0.15, 0.2) is 0 Å². The largest absolute Gasteiger partial charge is 0.350 e. The molecule has 1 aliphatic heterocycles. The molecule has 1 saturated carbocycles. The molecule has 0 aromatic heterocycles. The van der Waals surface area contributed by atoms with E-state index in [1.165, 1.54) is 4.90 Å². The minimum atomic E-state index is -0.697. The van der Waals surface area contributed by atoms with Gasteiger partial charge in [0.25, 0.3) is 0 Å². The highest BCUT2D eigenvalue weighted by Crippen LogP contribution is 2.39. The van der Waals surface area contributed by atoms with Crippen molar-refractivity contribution in [3.63, 3.8) is 0 Å². The predicted octanol–water partition coefficient (Wildman–Crippen LogP) is 2.60. The standard InChI is InChI=1S/C20H26N2O3S/c1-26-12-11-17(18(23)21-13-14-7-3-2-4-8-14)22-19(24)15-9-5-6-10-16(15)20(22)25/h2-4,7-8,15-17H,5-6,9-13H2,1H3,(H,21,23)/t15-,16-,17-/m0/s1. The summed E-state index contributed by atoms with van der Waals surface area (Å²) in [5, 5.41) is 2.91. The Bertz CT molecular complexity index is 640. The van der Waals surface area contributed by atoms with E-state index in [1.54, 1.807) is 11.8 Å². The normalized spacial score (nSPS) is 23.7. The fraction of sp³-hybridized carbons (Fsp3) is 0.550. The number of carbonyl (C=O) groups excluding carboxylic acids is 3. The van der Waals surface area contributed by atoms with Crippen molar-refractivity contribution in [1.82, 2.24) is 10.2 Å². The van der Waals surface area contributed by atoms with E-state index >= 15 is 0 Å². The second kappa shape index (κ2) is 8.71. The molecular weight excluding hydrogens is 348 g/mol. The number of hydrogen-bond donors (Lipinski definition) is 1. The molecule has 0 unspecified atom stereocenters. The number of amides is 3. The fourth-order valence-corrected chi connectivity index (χ4v) is 4.46. The maximum atomic E-state index is 12.9. The summed E-state index contributed by atoms with van der Waals surface area (Å²) < 4.78 is 0. The Morgan fingerprint density at radius 2 is 1.77 bits per heavy atom. The molecular formula is C20H26N2O3S. The lowest BCUT2D eigenvalue weighted by Gasteiger charge is -2.26. The molecule has 1 aliphatic carbocycles. The van der Waals surface area contributed by atoms with Crippen molar-refractivity contribution in [1.29, 1.82) is 0 Å². The van der Waals surface area contributed by atoms with Gasteiger partial charge in [-0.15, -0.1) is 0 Å². The smallest absolute Gasteiger partial charge is 0.243 e. The highest BCUT2D eigenvalue weighted by Gasteiger charge is 2.51. The minimum absolute atomic E-state index is 0.138. The van der Waals surface area contributed by atoms with E-state index in [2.05, 4.69) is 5.32 Å². The Kier molecular flexibility index (Phi) is 6.35. The molecule has 1 N–H and O–H groups in total. The van der Waals surface area contributed by atoms with Crippen LogP contribution >= 0.6 is 11.8 Å². The molecule has 3 atom stereocenters. The molecule has 3 amide bonds. The molecule has 0 radical (unpaired) electrons. The van der Waals surface area contributed by atoms with Gasteiger partial charge in [0.2, 0.25) is 17.7 Å². The number of carbonyl (C=O) groups is 3. The van der Waals surface area contributed by atoms with E-state index in [-0.39, 0.29) is 29.6 Å². The first-order valence-corrected chi connectivity index (χ1v) is 10.7. The monoisotopic (exact) mass is 374 g/mol. The first-order chi connectivity index (χ1) is 12.6. The summed E-state index contributed by atoms with van der Waals surface area (Å²) >= 11 is 1.62. The van der Waals surface area contributed by atoms with E-state index in [4.69, 9.17) is 0 Å². The van der Waals surface area contributed by atoms with E-state index in [0.29, 0.717) is 13.0 Å². The molecule has 140 valence electrons. The SMILES string of the molecule is CSCC[C@@H](C(=O)NCc1ccccc1)N1C(=O)[C@H]2CCCC[C@@H]2C1=O. The highest BCUT2D eigenvalue weighted by molar-refractivity contribution is 7.98. The van der Waals surface area contributed by atoms with Crippen molar-refractivity contribution in [2.24, 2.45) is 11.8 Å². The molecule has 0 spiro atoms. The van der Waals surface area contributed by atoms with Gasteiger partial charge in [0, 0.05) is 6.54 Å². The van der Waals surface area contributed by atoms with Crippen LogP contribution in [0.5, 0.6) is 0 Å². The van der Waals surface area contributed by atoms with Crippen LogP contribution in [-0.4, -0.2) is 40.7 Å². The molecule has 2 fully saturated rings. The van der Waals surface area contributed by atoms with Crippen molar-refractivity contribution in [2.45, 2.75) is 44.7 Å². The third-order valence-electron chi connectivity index (χ3n) is 5.39. The average molecular weight is 375 g/mol. The molecule has 0 bridgehead atoms. The first-order valence-electron chi connectivity index (χ1n) is 9.31. The van der Waals surface area contributed by atoms with Crippen molar-refractivity contribution >= 4 is 29.5 Å². The van der Waals surface area contributed by atoms with Gasteiger partial charge in [-0.2, -0.15) is 11.8 Å². The van der Waals surface area contributed by atoms with Crippen molar-refractivity contribution in [3.8, 4) is 0 Å². The van der Waals surface area contributed by atoms with Gasteiger partial charge in [-0.1, -0.05) is 43.2 Å². The number of rotatable bonds is 7. The van der Waals surface area contributed by atoms with E-state index in [9.17, 15) is 14.4 Å². The minimum Gasteiger partial charge on any atom is -0.350 e.